The van der Waals surface area contributed by atoms with Crippen molar-refractivity contribution in [3.63, 3.8) is 0 Å². The van der Waals surface area contributed by atoms with Gasteiger partial charge in [-0.25, -0.2) is 4.79 Å². The molecule has 0 radical (unpaired) electrons. The van der Waals surface area contributed by atoms with Crippen molar-refractivity contribution >= 4 is 12.0 Å². The molecule has 0 aliphatic carbocycles. The molecule has 0 saturated carbocycles. The van der Waals surface area contributed by atoms with E-state index in [9.17, 15) is 9.59 Å². The summed E-state index contributed by atoms with van der Waals surface area (Å²) < 4.78 is 15.9. The van der Waals surface area contributed by atoms with E-state index in [0.29, 0.717) is 30.2 Å². The minimum absolute atomic E-state index is 0.0932. The van der Waals surface area contributed by atoms with Crippen LogP contribution in [0, 0.1) is 0 Å². The average molecular weight is 340 g/mol. The summed E-state index contributed by atoms with van der Waals surface area (Å²) in [6.07, 6.45) is 0.402. The molecule has 0 aliphatic heterocycles. The lowest BCUT2D eigenvalue weighted by Crippen LogP contribution is -2.39. The third-order valence-corrected chi connectivity index (χ3v) is 3.48. The summed E-state index contributed by atoms with van der Waals surface area (Å²) in [4.78, 5) is 23.7. The van der Waals surface area contributed by atoms with Gasteiger partial charge in [-0.05, 0) is 6.42 Å². The Morgan fingerprint density at radius 1 is 1.12 bits per heavy atom. The monoisotopic (exact) mass is 340 g/mol. The summed E-state index contributed by atoms with van der Waals surface area (Å²) in [5, 5.41) is 11.4. The zero-order valence-electron chi connectivity index (χ0n) is 14.4. The fourth-order valence-electron chi connectivity index (χ4n) is 2.12. The second kappa shape index (κ2) is 9.49. The van der Waals surface area contributed by atoms with Crippen molar-refractivity contribution in [2.45, 2.75) is 12.8 Å². The maximum Gasteiger partial charge on any atom is 0.317 e. The van der Waals surface area contributed by atoms with E-state index in [0.717, 1.165) is 5.56 Å². The molecule has 8 heteroatoms. The zero-order valence-corrected chi connectivity index (χ0v) is 14.4. The van der Waals surface area contributed by atoms with Crippen LogP contribution in [0.3, 0.4) is 0 Å². The van der Waals surface area contributed by atoms with Gasteiger partial charge in [-0.3, -0.25) is 4.79 Å². The van der Waals surface area contributed by atoms with Crippen LogP contribution in [-0.2, 0) is 11.2 Å². The van der Waals surface area contributed by atoms with Crippen LogP contribution in [-0.4, -0.2) is 63.5 Å². The third-order valence-electron chi connectivity index (χ3n) is 3.48. The smallest absolute Gasteiger partial charge is 0.317 e. The summed E-state index contributed by atoms with van der Waals surface area (Å²) >= 11 is 0. The molecule has 0 bridgehead atoms. The topological polar surface area (TPSA) is 97.3 Å². The Balaban J connectivity index is 2.67. The van der Waals surface area contributed by atoms with Gasteiger partial charge in [0, 0.05) is 37.8 Å². The summed E-state index contributed by atoms with van der Waals surface area (Å²) in [7, 11) is 6.21. The summed E-state index contributed by atoms with van der Waals surface area (Å²) in [5.74, 6) is 0.895. The number of nitrogens with one attached hydrogen (secondary N) is 1. The maximum atomic E-state index is 11.9. The second-order valence-electron chi connectivity index (χ2n) is 5.06. The highest BCUT2D eigenvalue weighted by atomic mass is 16.5. The van der Waals surface area contributed by atoms with Crippen LogP contribution in [0.2, 0.25) is 0 Å². The molecule has 0 aliphatic rings. The molecule has 0 atom stereocenters. The first-order valence-corrected chi connectivity index (χ1v) is 7.42. The molecule has 2 N–H and O–H groups in total. The standard InChI is InChI=1S/C16H24N2O6/c1-18(8-6-15(19)20)16(21)17-7-5-12-13(23-3)9-11(22-2)10-14(12)24-4/h9-10H,5-8H2,1-4H3,(H,17,21)(H,19,20). The number of methoxy groups -OCH3 is 3. The normalized spacial score (nSPS) is 10.0. The number of carbonyl (C=O) groups is 2. The molecule has 0 heterocycles. The quantitative estimate of drug-likeness (QED) is 0.705. The molecule has 24 heavy (non-hydrogen) atoms. The predicted molar refractivity (Wildman–Crippen MR) is 88.1 cm³/mol. The highest BCUT2D eigenvalue weighted by molar-refractivity contribution is 5.75. The van der Waals surface area contributed by atoms with E-state index >= 15 is 0 Å². The number of carbonyl (C=O) groups excluding carboxylic acids is 1. The first-order chi connectivity index (χ1) is 11.4. The SMILES string of the molecule is COc1cc(OC)c(CCNC(=O)N(C)CCC(=O)O)c(OC)c1. The highest BCUT2D eigenvalue weighted by Gasteiger charge is 2.14. The summed E-state index contributed by atoms with van der Waals surface area (Å²) in [6, 6.07) is 3.17. The Bertz CT molecular complexity index is 551. The molecule has 0 unspecified atom stereocenters. The van der Waals surface area contributed by atoms with Crippen LogP contribution in [0.15, 0.2) is 12.1 Å². The van der Waals surface area contributed by atoms with Gasteiger partial charge in [-0.15, -0.1) is 0 Å². The Morgan fingerprint density at radius 2 is 1.71 bits per heavy atom. The van der Waals surface area contributed by atoms with Crippen LogP contribution < -0.4 is 19.5 Å². The third kappa shape index (κ3) is 5.53. The Labute approximate surface area is 141 Å². The molecule has 0 spiro atoms. The number of ether oxygens (including phenoxy) is 3. The van der Waals surface area contributed by atoms with E-state index < -0.39 is 5.97 Å². The van der Waals surface area contributed by atoms with E-state index in [2.05, 4.69) is 5.32 Å². The van der Waals surface area contributed by atoms with Crippen LogP contribution in [0.25, 0.3) is 0 Å². The van der Waals surface area contributed by atoms with Crippen LogP contribution in [0.1, 0.15) is 12.0 Å². The van der Waals surface area contributed by atoms with Gasteiger partial charge in [-0.2, -0.15) is 0 Å². The van der Waals surface area contributed by atoms with Gasteiger partial charge < -0.3 is 29.5 Å². The zero-order chi connectivity index (χ0) is 18.1. The largest absolute Gasteiger partial charge is 0.496 e. The number of carboxylic acid groups (broad SMARTS) is 1. The molecule has 1 aromatic rings. The van der Waals surface area contributed by atoms with Crippen molar-refractivity contribution in [2.75, 3.05) is 41.5 Å². The van der Waals surface area contributed by atoms with E-state index in [4.69, 9.17) is 19.3 Å². The van der Waals surface area contributed by atoms with Gasteiger partial charge in [0.05, 0.1) is 27.8 Å². The van der Waals surface area contributed by atoms with Gasteiger partial charge in [0.15, 0.2) is 0 Å². The van der Waals surface area contributed by atoms with Crippen molar-refractivity contribution in [1.29, 1.82) is 0 Å². The van der Waals surface area contributed by atoms with Gasteiger partial charge in [0.25, 0.3) is 0 Å². The fourth-order valence-corrected chi connectivity index (χ4v) is 2.12. The van der Waals surface area contributed by atoms with Gasteiger partial charge in [0.1, 0.15) is 17.2 Å². The van der Waals surface area contributed by atoms with E-state index in [1.54, 1.807) is 40.5 Å². The number of rotatable bonds is 9. The number of benzene rings is 1. The lowest BCUT2D eigenvalue weighted by atomic mass is 10.1. The van der Waals surface area contributed by atoms with Gasteiger partial charge in [0.2, 0.25) is 0 Å². The number of amides is 2. The molecule has 1 rings (SSSR count). The van der Waals surface area contributed by atoms with Crippen molar-refractivity contribution < 1.29 is 28.9 Å². The molecular weight excluding hydrogens is 316 g/mol. The number of urea groups is 1. The number of hydrogen-bond donors (Lipinski definition) is 2. The van der Waals surface area contributed by atoms with Crippen molar-refractivity contribution in [2.24, 2.45) is 0 Å². The molecule has 2 amide bonds. The number of aliphatic carboxylic acids is 1. The number of nitrogens with zero attached hydrogens (tertiary/aromatic N) is 1. The maximum absolute atomic E-state index is 11.9. The van der Waals surface area contributed by atoms with E-state index in [-0.39, 0.29) is 19.0 Å². The number of carboxylic acids is 1. The Kier molecular flexibility index (Phi) is 7.67. The highest BCUT2D eigenvalue weighted by Crippen LogP contribution is 2.34. The first-order valence-electron chi connectivity index (χ1n) is 7.42. The second-order valence-corrected chi connectivity index (χ2v) is 5.06. The molecule has 0 fully saturated rings. The lowest BCUT2D eigenvalue weighted by Gasteiger charge is -2.18. The van der Waals surface area contributed by atoms with Gasteiger partial charge in [-0.1, -0.05) is 0 Å². The Hall–Kier alpha value is -2.64. The van der Waals surface area contributed by atoms with Crippen molar-refractivity contribution in [3.8, 4) is 17.2 Å². The van der Waals surface area contributed by atoms with Crippen LogP contribution in [0.5, 0.6) is 17.2 Å². The summed E-state index contributed by atoms with van der Waals surface area (Å²) in [5.41, 5.74) is 0.814. The minimum Gasteiger partial charge on any atom is -0.496 e. The molecular formula is C16H24N2O6. The van der Waals surface area contributed by atoms with Gasteiger partial charge >= 0.3 is 12.0 Å². The lowest BCUT2D eigenvalue weighted by molar-refractivity contribution is -0.137. The Morgan fingerprint density at radius 3 is 2.17 bits per heavy atom. The van der Waals surface area contributed by atoms with Crippen molar-refractivity contribution in [3.05, 3.63) is 17.7 Å². The molecule has 8 nitrogen and oxygen atoms in total. The molecule has 134 valence electrons. The van der Waals surface area contributed by atoms with Crippen molar-refractivity contribution in [1.82, 2.24) is 10.2 Å². The van der Waals surface area contributed by atoms with Crippen LogP contribution >= 0.6 is 0 Å². The molecule has 0 saturated heterocycles. The van der Waals surface area contributed by atoms with E-state index in [1.165, 1.54) is 4.90 Å². The minimum atomic E-state index is -0.942. The van der Waals surface area contributed by atoms with E-state index in [1.807, 2.05) is 0 Å². The summed E-state index contributed by atoms with van der Waals surface area (Å²) in [6.45, 7) is 0.506. The average Bonchev–Trinajstić information content (AvgIpc) is 2.58. The number of hydrogen-bond acceptors (Lipinski definition) is 5. The van der Waals surface area contributed by atoms with Crippen LogP contribution in [0.4, 0.5) is 4.79 Å². The first kappa shape index (κ1) is 19.4. The fraction of sp³-hybridized carbons (Fsp3) is 0.500. The molecule has 1 aromatic carbocycles. The predicted octanol–water partition coefficient (Wildman–Crippen LogP) is 1.37. The molecule has 0 aromatic heterocycles.